The van der Waals surface area contributed by atoms with Gasteiger partial charge < -0.3 is 14.9 Å². The van der Waals surface area contributed by atoms with E-state index in [1.54, 1.807) is 0 Å². The number of hydrogen-bond acceptors (Lipinski definition) is 4. The molecule has 0 aromatic carbocycles. The molecule has 0 aliphatic heterocycles. The number of allylic oxidation sites excluding steroid dienone is 3. The molecule has 5 nitrogen and oxygen atoms in total. The van der Waals surface area contributed by atoms with E-state index < -0.39 is 23.4 Å². The van der Waals surface area contributed by atoms with Gasteiger partial charge in [-0.1, -0.05) is 57.4 Å². The van der Waals surface area contributed by atoms with Gasteiger partial charge in [-0.05, 0) is 94.3 Å². The van der Waals surface area contributed by atoms with Gasteiger partial charge in [-0.15, -0.1) is 0 Å². The van der Waals surface area contributed by atoms with Crippen molar-refractivity contribution in [3.63, 3.8) is 0 Å². The maximum Gasteiger partial charge on any atom is 0.306 e. The molecule has 0 radical (unpaired) electrons. The maximum absolute atomic E-state index is 12.5. The number of ether oxygens (including phenoxy) is 1. The van der Waals surface area contributed by atoms with Crippen LogP contribution in [0.15, 0.2) is 22.8 Å². The van der Waals surface area contributed by atoms with Crippen molar-refractivity contribution in [3.05, 3.63) is 22.8 Å². The van der Waals surface area contributed by atoms with Crippen LogP contribution in [0.5, 0.6) is 0 Å². The first-order valence-corrected chi connectivity index (χ1v) is 14.5. The first-order valence-electron chi connectivity index (χ1n) is 14.5. The summed E-state index contributed by atoms with van der Waals surface area (Å²) in [4.78, 5) is 24.4. The van der Waals surface area contributed by atoms with Crippen molar-refractivity contribution < 1.29 is 24.5 Å². The van der Waals surface area contributed by atoms with E-state index in [0.717, 1.165) is 44.9 Å². The Morgan fingerprint density at radius 3 is 2.30 bits per heavy atom. The molecule has 0 heterocycles. The Hall–Kier alpha value is -1.62. The number of hydrogen-bond donors (Lipinski definition) is 2. The fourth-order valence-electron chi connectivity index (χ4n) is 9.81. The summed E-state index contributed by atoms with van der Waals surface area (Å²) in [5.74, 6) is -0.979. The summed E-state index contributed by atoms with van der Waals surface area (Å²) < 4.78 is 5.81. The average molecular weight is 515 g/mol. The van der Waals surface area contributed by atoms with Crippen molar-refractivity contribution >= 4 is 11.9 Å². The SMILES string of the molecule is CC(=O)OC1CCC2(C)C3=C(CCC2C1(C)C)C1(C)C(O)CC(C(CCC=C(C)C)C(=O)O)C1(C)CC3. The Labute approximate surface area is 224 Å². The van der Waals surface area contributed by atoms with Crippen LogP contribution < -0.4 is 0 Å². The van der Waals surface area contributed by atoms with Crippen molar-refractivity contribution in [1.29, 1.82) is 0 Å². The van der Waals surface area contributed by atoms with Gasteiger partial charge in [0.05, 0.1) is 12.0 Å². The van der Waals surface area contributed by atoms with Crippen LogP contribution in [0.25, 0.3) is 0 Å². The predicted octanol–water partition coefficient (Wildman–Crippen LogP) is 7.09. The Morgan fingerprint density at radius 1 is 1.03 bits per heavy atom. The molecule has 0 aromatic heterocycles. The minimum atomic E-state index is -0.717. The molecule has 2 N–H and O–H groups in total. The lowest BCUT2D eigenvalue weighted by Crippen LogP contribution is -2.56. The molecule has 8 unspecified atom stereocenters. The molecular formula is C32H50O5. The van der Waals surface area contributed by atoms with Crippen molar-refractivity contribution in [3.8, 4) is 0 Å². The molecule has 0 amide bonds. The lowest BCUT2D eigenvalue weighted by molar-refractivity contribution is -0.167. The highest BCUT2D eigenvalue weighted by Crippen LogP contribution is 2.72. The van der Waals surface area contributed by atoms with Crippen LogP contribution in [0, 0.1) is 39.4 Å². The summed E-state index contributed by atoms with van der Waals surface area (Å²) in [5.41, 5.74) is 3.42. The van der Waals surface area contributed by atoms with Gasteiger partial charge in [-0.2, -0.15) is 0 Å². The quantitative estimate of drug-likeness (QED) is 0.292. The molecule has 0 aromatic rings. The Kier molecular flexibility index (Phi) is 7.32. The number of aliphatic hydroxyl groups excluding tert-OH is 1. The Balaban J connectivity index is 1.71. The highest BCUT2D eigenvalue weighted by Gasteiger charge is 2.67. The monoisotopic (exact) mass is 514 g/mol. The van der Waals surface area contributed by atoms with E-state index in [4.69, 9.17) is 4.74 Å². The number of esters is 1. The molecule has 0 spiro atoms. The smallest absolute Gasteiger partial charge is 0.306 e. The highest BCUT2D eigenvalue weighted by atomic mass is 16.5. The summed E-state index contributed by atoms with van der Waals surface area (Å²) in [6.07, 6.45) is 9.23. The number of carboxylic acid groups (broad SMARTS) is 1. The van der Waals surface area contributed by atoms with E-state index in [9.17, 15) is 19.8 Å². The first kappa shape index (κ1) is 28.4. The Morgan fingerprint density at radius 2 is 1.70 bits per heavy atom. The third-order valence-corrected chi connectivity index (χ3v) is 12.0. The van der Waals surface area contributed by atoms with Crippen LogP contribution in [0.4, 0.5) is 0 Å². The topological polar surface area (TPSA) is 83.8 Å². The standard InChI is InChI=1S/C32H50O5/c1-19(2)10-9-11-21(28(35)36)24-18-26(34)32(8)23-12-13-25-29(4,5)27(37-20(3)33)15-16-30(25,6)22(23)14-17-31(24,32)7/h10,21,24-27,34H,9,11-18H2,1-8H3,(H,35,36). The largest absolute Gasteiger partial charge is 0.481 e. The molecule has 0 saturated heterocycles. The van der Waals surface area contributed by atoms with Gasteiger partial charge >= 0.3 is 11.9 Å². The van der Waals surface area contributed by atoms with E-state index in [1.807, 2.05) is 0 Å². The molecule has 2 fully saturated rings. The summed E-state index contributed by atoms with van der Waals surface area (Å²) in [6.45, 7) is 17.1. The molecule has 4 rings (SSSR count). The zero-order chi connectivity index (χ0) is 27.6. The number of aliphatic carboxylic acids is 1. The molecule has 37 heavy (non-hydrogen) atoms. The summed E-state index contributed by atoms with van der Waals surface area (Å²) >= 11 is 0. The van der Waals surface area contributed by atoms with Crippen LogP contribution in [0.2, 0.25) is 0 Å². The third kappa shape index (κ3) is 4.22. The summed E-state index contributed by atoms with van der Waals surface area (Å²) in [7, 11) is 0. The summed E-state index contributed by atoms with van der Waals surface area (Å²) in [6, 6.07) is 0. The van der Waals surface area contributed by atoms with Crippen LogP contribution in [-0.4, -0.2) is 34.4 Å². The van der Waals surface area contributed by atoms with Gasteiger partial charge in [0.2, 0.25) is 0 Å². The van der Waals surface area contributed by atoms with E-state index in [-0.39, 0.29) is 34.2 Å². The van der Waals surface area contributed by atoms with Crippen LogP contribution in [-0.2, 0) is 14.3 Å². The van der Waals surface area contributed by atoms with E-state index >= 15 is 0 Å². The molecule has 208 valence electrons. The lowest BCUT2D eigenvalue weighted by Gasteiger charge is -2.62. The van der Waals surface area contributed by atoms with Crippen molar-refractivity contribution in [2.24, 2.45) is 39.4 Å². The molecule has 0 bridgehead atoms. The second-order valence-corrected chi connectivity index (χ2v) is 14.2. The van der Waals surface area contributed by atoms with Gasteiger partial charge in [0.15, 0.2) is 0 Å². The molecule has 2 saturated carbocycles. The zero-order valence-corrected chi connectivity index (χ0v) is 24.4. The maximum atomic E-state index is 12.5. The van der Waals surface area contributed by atoms with Crippen LogP contribution in [0.1, 0.15) is 113 Å². The normalized spacial score (nSPS) is 41.2. The van der Waals surface area contributed by atoms with Crippen LogP contribution >= 0.6 is 0 Å². The van der Waals surface area contributed by atoms with Gasteiger partial charge in [-0.3, -0.25) is 9.59 Å². The number of rotatable bonds is 6. The minimum Gasteiger partial charge on any atom is -0.481 e. The fourth-order valence-corrected chi connectivity index (χ4v) is 9.81. The Bertz CT molecular complexity index is 1000. The van der Waals surface area contributed by atoms with E-state index in [1.165, 1.54) is 23.6 Å². The minimum absolute atomic E-state index is 0.0194. The lowest BCUT2D eigenvalue weighted by atomic mass is 9.43. The van der Waals surface area contributed by atoms with Gasteiger partial charge in [-0.25, -0.2) is 0 Å². The molecule has 8 atom stereocenters. The van der Waals surface area contributed by atoms with Gasteiger partial charge in [0.25, 0.3) is 0 Å². The fraction of sp³-hybridized carbons (Fsp3) is 0.812. The number of aliphatic hydroxyl groups is 1. The number of carbonyl (C=O) groups is 2. The highest BCUT2D eigenvalue weighted by molar-refractivity contribution is 5.71. The van der Waals surface area contributed by atoms with Crippen molar-refractivity contribution in [2.45, 2.75) is 125 Å². The average Bonchev–Trinajstić information content (AvgIpc) is 2.99. The number of fused-ring (bicyclic) bond motifs is 4. The molecule has 4 aliphatic carbocycles. The molecular weight excluding hydrogens is 464 g/mol. The predicted molar refractivity (Wildman–Crippen MR) is 146 cm³/mol. The van der Waals surface area contributed by atoms with Gasteiger partial charge in [0.1, 0.15) is 6.10 Å². The molecule has 4 aliphatic rings. The number of carbonyl (C=O) groups excluding carboxylic acids is 1. The third-order valence-electron chi connectivity index (χ3n) is 12.0. The van der Waals surface area contributed by atoms with Crippen molar-refractivity contribution in [1.82, 2.24) is 0 Å². The van der Waals surface area contributed by atoms with E-state index in [0.29, 0.717) is 18.8 Å². The van der Waals surface area contributed by atoms with E-state index in [2.05, 4.69) is 54.5 Å². The molecule has 5 heteroatoms. The van der Waals surface area contributed by atoms with Crippen molar-refractivity contribution in [2.75, 3.05) is 0 Å². The number of carboxylic acids is 1. The second kappa shape index (κ2) is 9.54. The first-order chi connectivity index (χ1) is 17.1. The van der Waals surface area contributed by atoms with Crippen LogP contribution in [0.3, 0.4) is 0 Å². The zero-order valence-electron chi connectivity index (χ0n) is 24.4. The summed E-state index contributed by atoms with van der Waals surface area (Å²) in [5, 5.41) is 22.0. The second-order valence-electron chi connectivity index (χ2n) is 14.2. The van der Waals surface area contributed by atoms with Gasteiger partial charge in [0, 0.05) is 17.8 Å².